The van der Waals surface area contributed by atoms with Gasteiger partial charge in [-0.15, -0.1) is 0 Å². The van der Waals surface area contributed by atoms with Crippen LogP contribution in [0, 0.1) is 0 Å². The first kappa shape index (κ1) is 23.9. The molecule has 0 aliphatic rings. The second-order valence-corrected chi connectivity index (χ2v) is 11.3. The van der Waals surface area contributed by atoms with Crippen molar-refractivity contribution in [2.24, 2.45) is 0 Å². The lowest BCUT2D eigenvalue weighted by molar-refractivity contribution is -0.00000541. The second kappa shape index (κ2) is 13.0. The van der Waals surface area contributed by atoms with Crippen molar-refractivity contribution >= 4 is 39.1 Å². The van der Waals surface area contributed by atoms with Crippen LogP contribution in [0.5, 0.6) is 0 Å². The lowest BCUT2D eigenvalue weighted by atomic mass is 10.2. The minimum Gasteiger partial charge on any atom is -1.00 e. The van der Waals surface area contributed by atoms with Gasteiger partial charge in [0, 0.05) is 5.33 Å². The van der Waals surface area contributed by atoms with E-state index in [1.807, 2.05) is 0 Å². The molecule has 3 aromatic carbocycles. The molecule has 3 rings (SSSR count). The van der Waals surface area contributed by atoms with Gasteiger partial charge in [0.1, 0.15) is 23.2 Å². The van der Waals surface area contributed by atoms with Crippen LogP contribution in [0.15, 0.2) is 103 Å². The van der Waals surface area contributed by atoms with Crippen LogP contribution in [0.2, 0.25) is 0 Å². The quantitative estimate of drug-likeness (QED) is 0.178. The number of rotatable bonds is 10. The van der Waals surface area contributed by atoms with Crippen molar-refractivity contribution in [3.8, 4) is 0 Å². The predicted octanol–water partition coefficient (Wildman–Crippen LogP) is 3.50. The Morgan fingerprint density at radius 3 is 1.45 bits per heavy atom. The summed E-state index contributed by atoms with van der Waals surface area (Å²) < 4.78 is 0. The van der Waals surface area contributed by atoms with Crippen molar-refractivity contribution in [2.75, 3.05) is 11.5 Å². The normalized spacial score (nSPS) is 11.3. The SMILES string of the molecule is BrCCCCCC=CC[P+](c1ccccc1)(c1ccccc1)c1ccccc1.[Cl-]. The van der Waals surface area contributed by atoms with E-state index in [2.05, 4.69) is 119 Å². The van der Waals surface area contributed by atoms with Crippen LogP contribution in [-0.2, 0) is 0 Å². The third-order valence-corrected chi connectivity index (χ3v) is 10.00. The van der Waals surface area contributed by atoms with E-state index in [1.54, 1.807) is 0 Å². The Kier molecular flexibility index (Phi) is 10.7. The van der Waals surface area contributed by atoms with Gasteiger partial charge < -0.3 is 12.4 Å². The van der Waals surface area contributed by atoms with Crippen molar-refractivity contribution in [3.63, 3.8) is 0 Å². The molecule has 0 aliphatic heterocycles. The maximum Gasteiger partial charge on any atom is 0.115 e. The van der Waals surface area contributed by atoms with Gasteiger partial charge in [-0.05, 0) is 55.7 Å². The van der Waals surface area contributed by atoms with Gasteiger partial charge in [-0.3, -0.25) is 0 Å². The van der Waals surface area contributed by atoms with Gasteiger partial charge in [0.05, 0.1) is 6.16 Å². The Balaban J connectivity index is 0.00000300. The third kappa shape index (κ3) is 6.29. The summed E-state index contributed by atoms with van der Waals surface area (Å²) in [7, 11) is -1.71. The molecule has 0 bridgehead atoms. The highest BCUT2D eigenvalue weighted by Crippen LogP contribution is 2.55. The van der Waals surface area contributed by atoms with Gasteiger partial charge in [-0.2, -0.15) is 0 Å². The van der Waals surface area contributed by atoms with Crippen molar-refractivity contribution in [1.82, 2.24) is 0 Å². The summed E-state index contributed by atoms with van der Waals surface area (Å²) >= 11 is 3.52. The second-order valence-electron chi connectivity index (χ2n) is 7.01. The number of unbranched alkanes of at least 4 members (excludes halogenated alkanes) is 3. The maximum absolute atomic E-state index is 3.52. The van der Waals surface area contributed by atoms with Gasteiger partial charge in [0.15, 0.2) is 0 Å². The van der Waals surface area contributed by atoms with Gasteiger partial charge >= 0.3 is 0 Å². The molecule has 0 nitrogen and oxygen atoms in total. The van der Waals surface area contributed by atoms with Crippen LogP contribution >= 0.6 is 23.2 Å². The highest BCUT2D eigenvalue weighted by atomic mass is 79.9. The predicted molar refractivity (Wildman–Crippen MR) is 131 cm³/mol. The Hall–Kier alpha value is -1.40. The molecule has 0 spiro atoms. The fraction of sp³-hybridized carbons (Fsp3) is 0.231. The minimum absolute atomic E-state index is 0. The van der Waals surface area contributed by atoms with Crippen LogP contribution < -0.4 is 28.3 Å². The highest BCUT2D eigenvalue weighted by Gasteiger charge is 2.43. The molecule has 0 heterocycles. The minimum atomic E-state index is -1.71. The molecule has 152 valence electrons. The van der Waals surface area contributed by atoms with Crippen molar-refractivity contribution in [1.29, 1.82) is 0 Å². The third-order valence-electron chi connectivity index (χ3n) is 5.14. The van der Waals surface area contributed by atoms with Crippen LogP contribution in [0.4, 0.5) is 0 Å². The summed E-state index contributed by atoms with van der Waals surface area (Å²) in [6.07, 6.45) is 10.9. The summed E-state index contributed by atoms with van der Waals surface area (Å²) in [6.45, 7) is 0. The average Bonchev–Trinajstić information content (AvgIpc) is 2.78. The number of allylic oxidation sites excluding steroid dienone is 2. The molecule has 0 atom stereocenters. The Labute approximate surface area is 191 Å². The molecule has 0 fully saturated rings. The van der Waals surface area contributed by atoms with E-state index < -0.39 is 7.26 Å². The van der Waals surface area contributed by atoms with Crippen LogP contribution in [0.25, 0.3) is 0 Å². The number of benzene rings is 3. The molecule has 3 aromatic rings. The molecule has 0 N–H and O–H groups in total. The van der Waals surface area contributed by atoms with Crippen molar-refractivity contribution in [3.05, 3.63) is 103 Å². The van der Waals surface area contributed by atoms with Gasteiger partial charge in [0.2, 0.25) is 0 Å². The number of alkyl halides is 1. The first-order valence-corrected chi connectivity index (χ1v) is 13.2. The lowest BCUT2D eigenvalue weighted by Gasteiger charge is -2.26. The fourth-order valence-electron chi connectivity index (χ4n) is 3.69. The number of hydrogen-bond acceptors (Lipinski definition) is 0. The molecule has 0 radical (unpaired) electrons. The average molecular weight is 488 g/mol. The summed E-state index contributed by atoms with van der Waals surface area (Å²) in [5, 5.41) is 5.48. The standard InChI is InChI=1S/C26H29BrP.ClH/c27-22-14-3-1-2-4-15-23-28(24-16-8-5-9-17-24,25-18-10-6-11-19-25)26-20-12-7-13-21-26;/h4-13,15-21H,1-3,14,22-23H2;1H/q+1;/p-1. The lowest BCUT2D eigenvalue weighted by Crippen LogP contribution is -3.00. The first-order valence-electron chi connectivity index (χ1n) is 10.1. The molecular formula is C26H29BrClP. The van der Waals surface area contributed by atoms with Gasteiger partial charge in [-0.1, -0.05) is 89.1 Å². The van der Waals surface area contributed by atoms with E-state index in [0.717, 1.165) is 11.5 Å². The van der Waals surface area contributed by atoms with Crippen LogP contribution in [0.1, 0.15) is 25.7 Å². The molecule has 29 heavy (non-hydrogen) atoms. The molecule has 0 saturated heterocycles. The van der Waals surface area contributed by atoms with E-state index in [0.29, 0.717) is 0 Å². The van der Waals surface area contributed by atoms with Crippen LogP contribution in [-0.4, -0.2) is 11.5 Å². The van der Waals surface area contributed by atoms with Gasteiger partial charge in [-0.25, -0.2) is 0 Å². The zero-order valence-corrected chi connectivity index (χ0v) is 20.0. The maximum atomic E-state index is 3.52. The van der Waals surface area contributed by atoms with E-state index in [-0.39, 0.29) is 12.4 Å². The van der Waals surface area contributed by atoms with Gasteiger partial charge in [0.25, 0.3) is 0 Å². The molecule has 0 aliphatic carbocycles. The fourth-order valence-corrected chi connectivity index (χ4v) is 8.13. The van der Waals surface area contributed by atoms with E-state index in [9.17, 15) is 0 Å². The Bertz CT molecular complexity index is 738. The largest absolute Gasteiger partial charge is 1.00 e. The summed E-state index contributed by atoms with van der Waals surface area (Å²) in [5.41, 5.74) is 0. The van der Waals surface area contributed by atoms with Crippen molar-refractivity contribution < 1.29 is 12.4 Å². The van der Waals surface area contributed by atoms with Crippen LogP contribution in [0.3, 0.4) is 0 Å². The smallest absolute Gasteiger partial charge is 0.115 e. The summed E-state index contributed by atoms with van der Waals surface area (Å²) in [5.74, 6) is 0. The number of halogens is 2. The van der Waals surface area contributed by atoms with E-state index in [4.69, 9.17) is 0 Å². The monoisotopic (exact) mass is 486 g/mol. The van der Waals surface area contributed by atoms with E-state index >= 15 is 0 Å². The molecule has 0 aromatic heterocycles. The zero-order valence-electron chi connectivity index (χ0n) is 16.8. The summed E-state index contributed by atoms with van der Waals surface area (Å²) in [4.78, 5) is 0. The topological polar surface area (TPSA) is 0 Å². The zero-order chi connectivity index (χ0) is 19.5. The molecule has 0 saturated carbocycles. The number of hydrogen-bond donors (Lipinski definition) is 0. The molecule has 0 amide bonds. The molecule has 3 heteroatoms. The summed E-state index contributed by atoms with van der Waals surface area (Å²) in [6, 6.07) is 33.3. The first-order chi connectivity index (χ1) is 13.9. The molecular weight excluding hydrogens is 459 g/mol. The van der Waals surface area contributed by atoms with Crippen molar-refractivity contribution in [2.45, 2.75) is 25.7 Å². The Morgan fingerprint density at radius 1 is 0.586 bits per heavy atom. The highest BCUT2D eigenvalue weighted by molar-refractivity contribution is 9.09. The van der Waals surface area contributed by atoms with E-state index in [1.165, 1.54) is 41.6 Å². The molecule has 0 unspecified atom stereocenters. The Morgan fingerprint density at radius 2 is 1.03 bits per heavy atom.